The Morgan fingerprint density at radius 1 is 0.935 bits per heavy atom. The molecule has 4 N–H and O–H groups in total. The van der Waals surface area contributed by atoms with Crippen LogP contribution >= 0.6 is 0 Å². The summed E-state index contributed by atoms with van der Waals surface area (Å²) < 4.78 is 11.2. The van der Waals surface area contributed by atoms with Gasteiger partial charge in [0.15, 0.2) is 0 Å². The van der Waals surface area contributed by atoms with Gasteiger partial charge < -0.3 is 25.8 Å². The number of hydrogen-bond donors (Lipinski definition) is 3. The number of methoxy groups -OCH3 is 1. The Bertz CT molecular complexity index is 1020. The highest BCUT2D eigenvalue weighted by Crippen LogP contribution is 2.26. The van der Waals surface area contributed by atoms with Crippen molar-refractivity contribution in [1.82, 2.24) is 10.6 Å². The van der Waals surface area contributed by atoms with Crippen molar-refractivity contribution in [1.29, 1.82) is 0 Å². The second-order valence-electron chi connectivity index (χ2n) is 6.84. The first-order valence-electron chi connectivity index (χ1n) is 9.82. The Morgan fingerprint density at radius 3 is 2.39 bits per heavy atom. The highest BCUT2D eigenvalue weighted by Gasteiger charge is 2.18. The minimum atomic E-state index is -0.711. The molecular weight excluding hydrogens is 394 g/mol. The fraction of sp³-hybridized carbons (Fsp3) is 0.167. The van der Waals surface area contributed by atoms with Crippen molar-refractivity contribution in [2.75, 3.05) is 7.11 Å². The van der Waals surface area contributed by atoms with E-state index >= 15 is 0 Å². The van der Waals surface area contributed by atoms with Gasteiger partial charge >= 0.3 is 6.03 Å². The zero-order chi connectivity index (χ0) is 22.1. The summed E-state index contributed by atoms with van der Waals surface area (Å²) in [7, 11) is 1.58. The highest BCUT2D eigenvalue weighted by molar-refractivity contribution is 5.79. The van der Waals surface area contributed by atoms with Crippen molar-refractivity contribution in [3.63, 3.8) is 0 Å². The molecule has 0 aliphatic heterocycles. The quantitative estimate of drug-likeness (QED) is 0.489. The van der Waals surface area contributed by atoms with Crippen LogP contribution in [-0.4, -0.2) is 19.0 Å². The van der Waals surface area contributed by atoms with E-state index in [0.29, 0.717) is 29.4 Å². The smallest absolute Gasteiger partial charge is 0.312 e. The number of primary amides is 1. The molecule has 0 spiro atoms. The Hall–Kier alpha value is -4.00. The SMILES string of the molecule is COc1ccccc1CNC(=O)C[C@@H](NC(N)=O)c1cccc(Oc2ccccc2)c1. The molecule has 0 aromatic heterocycles. The van der Waals surface area contributed by atoms with Crippen LogP contribution in [0.5, 0.6) is 17.2 Å². The van der Waals surface area contributed by atoms with Gasteiger partial charge in [-0.3, -0.25) is 4.79 Å². The van der Waals surface area contributed by atoms with Crippen molar-refractivity contribution in [2.45, 2.75) is 19.0 Å². The van der Waals surface area contributed by atoms with Crippen molar-refractivity contribution >= 4 is 11.9 Å². The number of para-hydroxylation sites is 2. The lowest BCUT2D eigenvalue weighted by atomic mass is 10.0. The number of rotatable bonds is 9. The average molecular weight is 419 g/mol. The number of hydrogen-bond acceptors (Lipinski definition) is 4. The molecule has 3 aromatic carbocycles. The first-order valence-corrected chi connectivity index (χ1v) is 9.82. The summed E-state index contributed by atoms with van der Waals surface area (Å²) in [5, 5.41) is 5.50. The van der Waals surface area contributed by atoms with Gasteiger partial charge in [-0.05, 0) is 35.9 Å². The molecule has 0 heterocycles. The number of carbonyl (C=O) groups excluding carboxylic acids is 2. The molecule has 3 rings (SSSR count). The van der Waals surface area contributed by atoms with Gasteiger partial charge in [-0.25, -0.2) is 4.79 Å². The average Bonchev–Trinajstić information content (AvgIpc) is 2.78. The Morgan fingerprint density at radius 2 is 1.65 bits per heavy atom. The van der Waals surface area contributed by atoms with E-state index in [2.05, 4.69) is 10.6 Å². The predicted octanol–water partition coefficient (Wildman–Crippen LogP) is 3.90. The Balaban J connectivity index is 1.69. The van der Waals surface area contributed by atoms with Crippen LogP contribution in [0.1, 0.15) is 23.6 Å². The molecule has 3 aromatic rings. The van der Waals surface area contributed by atoms with Gasteiger partial charge in [-0.15, -0.1) is 0 Å². The summed E-state index contributed by atoms with van der Waals surface area (Å²) in [4.78, 5) is 24.1. The lowest BCUT2D eigenvalue weighted by Crippen LogP contribution is -2.36. The summed E-state index contributed by atoms with van der Waals surface area (Å²) in [6.07, 6.45) is 0.0207. The van der Waals surface area contributed by atoms with Crippen LogP contribution in [0, 0.1) is 0 Å². The summed E-state index contributed by atoms with van der Waals surface area (Å²) in [6, 6.07) is 22.7. The molecule has 3 amide bonds. The van der Waals surface area contributed by atoms with Crippen molar-refractivity contribution in [3.8, 4) is 17.2 Å². The number of carbonyl (C=O) groups is 2. The molecule has 7 heteroatoms. The van der Waals surface area contributed by atoms with Gasteiger partial charge in [0.2, 0.25) is 5.91 Å². The molecule has 160 valence electrons. The largest absolute Gasteiger partial charge is 0.496 e. The lowest BCUT2D eigenvalue weighted by molar-refractivity contribution is -0.121. The third-order valence-electron chi connectivity index (χ3n) is 4.61. The van der Waals surface area contributed by atoms with Crippen LogP contribution < -0.4 is 25.8 Å². The summed E-state index contributed by atoms with van der Waals surface area (Å²) in [5.74, 6) is 1.74. The number of ether oxygens (including phenoxy) is 2. The molecule has 0 saturated carbocycles. The number of nitrogens with one attached hydrogen (secondary N) is 2. The van der Waals surface area contributed by atoms with E-state index in [0.717, 1.165) is 5.56 Å². The van der Waals surface area contributed by atoms with Crippen molar-refractivity contribution < 1.29 is 19.1 Å². The molecule has 7 nitrogen and oxygen atoms in total. The van der Waals surface area contributed by atoms with Crippen LogP contribution in [-0.2, 0) is 11.3 Å². The van der Waals surface area contributed by atoms with Crippen molar-refractivity contribution in [2.24, 2.45) is 5.73 Å². The Kier molecular flexibility index (Phi) is 7.48. The van der Waals surface area contributed by atoms with Gasteiger partial charge in [0.05, 0.1) is 19.6 Å². The Labute approximate surface area is 181 Å². The summed E-state index contributed by atoms with van der Waals surface area (Å²) in [5.41, 5.74) is 6.91. The molecule has 0 aliphatic rings. The molecule has 0 unspecified atom stereocenters. The molecule has 0 radical (unpaired) electrons. The molecule has 0 fully saturated rings. The van der Waals surface area contributed by atoms with Gasteiger partial charge in [-0.1, -0.05) is 48.5 Å². The summed E-state index contributed by atoms with van der Waals surface area (Å²) in [6.45, 7) is 0.309. The summed E-state index contributed by atoms with van der Waals surface area (Å²) >= 11 is 0. The van der Waals surface area contributed by atoms with E-state index in [1.54, 1.807) is 25.3 Å². The van der Waals surface area contributed by atoms with Gasteiger partial charge in [-0.2, -0.15) is 0 Å². The predicted molar refractivity (Wildman–Crippen MR) is 118 cm³/mol. The van der Waals surface area contributed by atoms with E-state index in [9.17, 15) is 9.59 Å². The topological polar surface area (TPSA) is 103 Å². The maximum atomic E-state index is 12.6. The van der Waals surface area contributed by atoms with Crippen LogP contribution in [0.3, 0.4) is 0 Å². The van der Waals surface area contributed by atoms with E-state index in [1.807, 2.05) is 60.7 Å². The number of urea groups is 1. The lowest BCUT2D eigenvalue weighted by Gasteiger charge is -2.19. The first-order chi connectivity index (χ1) is 15.0. The zero-order valence-electron chi connectivity index (χ0n) is 17.2. The van der Waals surface area contributed by atoms with Crippen molar-refractivity contribution in [3.05, 3.63) is 90.0 Å². The molecule has 0 bridgehead atoms. The van der Waals surface area contributed by atoms with Crippen LogP contribution in [0.15, 0.2) is 78.9 Å². The second-order valence-corrected chi connectivity index (χ2v) is 6.84. The van der Waals surface area contributed by atoms with E-state index in [4.69, 9.17) is 15.2 Å². The highest BCUT2D eigenvalue weighted by atomic mass is 16.5. The number of nitrogens with two attached hydrogens (primary N) is 1. The number of amides is 3. The van der Waals surface area contributed by atoms with E-state index < -0.39 is 12.1 Å². The van der Waals surface area contributed by atoms with E-state index in [1.165, 1.54) is 0 Å². The minimum Gasteiger partial charge on any atom is -0.496 e. The normalized spacial score (nSPS) is 11.3. The zero-order valence-corrected chi connectivity index (χ0v) is 17.2. The third kappa shape index (κ3) is 6.50. The van der Waals surface area contributed by atoms with Gasteiger partial charge in [0.25, 0.3) is 0 Å². The molecule has 31 heavy (non-hydrogen) atoms. The molecule has 1 atom stereocenters. The fourth-order valence-corrected chi connectivity index (χ4v) is 3.14. The van der Waals surface area contributed by atoms with Gasteiger partial charge in [0, 0.05) is 12.1 Å². The fourth-order valence-electron chi connectivity index (χ4n) is 3.14. The first kappa shape index (κ1) is 21.7. The number of benzene rings is 3. The third-order valence-corrected chi connectivity index (χ3v) is 4.61. The molecule has 0 aliphatic carbocycles. The minimum absolute atomic E-state index is 0.0207. The molecular formula is C24H25N3O4. The molecule has 0 saturated heterocycles. The second kappa shape index (κ2) is 10.7. The van der Waals surface area contributed by atoms with E-state index in [-0.39, 0.29) is 12.3 Å². The van der Waals surface area contributed by atoms with Crippen LogP contribution in [0.4, 0.5) is 4.79 Å². The van der Waals surface area contributed by atoms with Gasteiger partial charge in [0.1, 0.15) is 17.2 Å². The standard InChI is InChI=1S/C24H25N3O4/c1-30-22-13-6-5-8-18(22)16-26-23(28)15-21(27-24(25)29)17-9-7-12-20(14-17)31-19-10-3-2-4-11-19/h2-14,21H,15-16H2,1H3,(H,26,28)(H3,25,27,29)/t21-/m1/s1. The maximum Gasteiger partial charge on any atom is 0.312 e. The monoisotopic (exact) mass is 419 g/mol. The van der Waals surface area contributed by atoms with Crippen LogP contribution in [0.2, 0.25) is 0 Å². The maximum absolute atomic E-state index is 12.6. The van der Waals surface area contributed by atoms with Crippen LogP contribution in [0.25, 0.3) is 0 Å².